The minimum absolute atomic E-state index is 0.157. The molecule has 5 nitrogen and oxygen atoms in total. The van der Waals surface area contributed by atoms with E-state index in [1.165, 1.54) is 12.1 Å². The smallest absolute Gasteiger partial charge is 0.238 e. The molecule has 1 amide bonds. The molecule has 1 aromatic heterocycles. The summed E-state index contributed by atoms with van der Waals surface area (Å²) in [6.07, 6.45) is 5.91. The van der Waals surface area contributed by atoms with Crippen molar-refractivity contribution < 1.29 is 9.18 Å². The van der Waals surface area contributed by atoms with Gasteiger partial charge < -0.3 is 9.88 Å². The summed E-state index contributed by atoms with van der Waals surface area (Å²) < 4.78 is 15.9. The summed E-state index contributed by atoms with van der Waals surface area (Å²) in [7, 11) is 0. The van der Waals surface area contributed by atoms with Crippen LogP contribution < -0.4 is 5.32 Å². The van der Waals surface area contributed by atoms with Gasteiger partial charge in [0.25, 0.3) is 0 Å². The summed E-state index contributed by atoms with van der Waals surface area (Å²) >= 11 is 5.73. The largest absolute Gasteiger partial charge is 0.335 e. The van der Waals surface area contributed by atoms with Crippen molar-refractivity contribution in [3.8, 4) is 0 Å². The van der Waals surface area contributed by atoms with E-state index < -0.39 is 5.82 Å². The van der Waals surface area contributed by atoms with Crippen LogP contribution in [-0.4, -0.2) is 40.0 Å². The Morgan fingerprint density at radius 3 is 3.08 bits per heavy atom. The molecular formula is C18H22ClFN4O. The molecule has 1 atom stereocenters. The number of hydrogen-bond donors (Lipinski definition) is 1. The zero-order valence-corrected chi connectivity index (χ0v) is 15.0. The van der Waals surface area contributed by atoms with E-state index in [1.54, 1.807) is 6.07 Å². The number of nitrogens with zero attached hydrogens (tertiary/aromatic N) is 3. The number of hydrogen-bond acceptors (Lipinski definition) is 3. The molecule has 0 aliphatic carbocycles. The highest BCUT2D eigenvalue weighted by molar-refractivity contribution is 6.30. The second kappa shape index (κ2) is 7.97. The fraction of sp³-hybridized carbons (Fsp3) is 0.444. The van der Waals surface area contributed by atoms with Crippen molar-refractivity contribution in [2.24, 2.45) is 0 Å². The van der Waals surface area contributed by atoms with Crippen molar-refractivity contribution in [1.29, 1.82) is 0 Å². The van der Waals surface area contributed by atoms with E-state index in [0.717, 1.165) is 38.3 Å². The van der Waals surface area contributed by atoms with Crippen LogP contribution in [0, 0.1) is 5.82 Å². The average molecular weight is 365 g/mol. The van der Waals surface area contributed by atoms with Gasteiger partial charge >= 0.3 is 0 Å². The third-order valence-corrected chi connectivity index (χ3v) is 4.77. The number of anilines is 1. The maximum atomic E-state index is 13.8. The van der Waals surface area contributed by atoms with Gasteiger partial charge in [-0.1, -0.05) is 11.6 Å². The predicted molar refractivity (Wildman–Crippen MR) is 96.4 cm³/mol. The Hall–Kier alpha value is -1.92. The van der Waals surface area contributed by atoms with Crippen molar-refractivity contribution in [2.75, 3.05) is 25.0 Å². The summed E-state index contributed by atoms with van der Waals surface area (Å²) in [5.74, 6) is 0.656. The van der Waals surface area contributed by atoms with E-state index in [4.69, 9.17) is 11.6 Å². The van der Waals surface area contributed by atoms with E-state index in [9.17, 15) is 9.18 Å². The Morgan fingerprint density at radius 2 is 2.32 bits per heavy atom. The van der Waals surface area contributed by atoms with Crippen LogP contribution in [0.4, 0.5) is 10.1 Å². The van der Waals surface area contributed by atoms with Gasteiger partial charge in [-0.15, -0.1) is 0 Å². The van der Waals surface area contributed by atoms with Gasteiger partial charge in [-0.3, -0.25) is 9.69 Å². The molecule has 2 aromatic rings. The van der Waals surface area contributed by atoms with Crippen LogP contribution in [0.2, 0.25) is 5.02 Å². The van der Waals surface area contributed by atoms with Crippen LogP contribution in [0.1, 0.15) is 31.5 Å². The van der Waals surface area contributed by atoms with Crippen LogP contribution in [0.3, 0.4) is 0 Å². The summed E-state index contributed by atoms with van der Waals surface area (Å²) in [4.78, 5) is 18.8. The highest BCUT2D eigenvalue weighted by atomic mass is 35.5. The van der Waals surface area contributed by atoms with Crippen molar-refractivity contribution >= 4 is 23.2 Å². The second-order valence-electron chi connectivity index (χ2n) is 6.32. The van der Waals surface area contributed by atoms with Gasteiger partial charge in [0.2, 0.25) is 5.91 Å². The van der Waals surface area contributed by atoms with Crippen molar-refractivity contribution in [3.63, 3.8) is 0 Å². The topological polar surface area (TPSA) is 50.2 Å². The number of carbonyl (C=O) groups is 1. The Morgan fingerprint density at radius 1 is 1.48 bits per heavy atom. The Bertz CT molecular complexity index is 748. The van der Waals surface area contributed by atoms with Gasteiger partial charge in [-0.05, 0) is 44.5 Å². The first-order valence-electron chi connectivity index (χ1n) is 8.55. The molecule has 0 radical (unpaired) electrons. The number of aryl methyl sites for hydroxylation is 1. The first-order chi connectivity index (χ1) is 12.1. The van der Waals surface area contributed by atoms with Crippen LogP contribution in [0.15, 0.2) is 30.6 Å². The number of carbonyl (C=O) groups excluding carboxylic acids is 1. The molecule has 0 saturated carbocycles. The molecule has 2 heterocycles. The fourth-order valence-electron chi connectivity index (χ4n) is 3.34. The molecule has 1 aliphatic heterocycles. The maximum Gasteiger partial charge on any atom is 0.238 e. The lowest BCUT2D eigenvalue weighted by atomic mass is 9.97. The lowest BCUT2D eigenvalue weighted by Gasteiger charge is -2.32. The first-order valence-corrected chi connectivity index (χ1v) is 8.93. The SMILES string of the molecule is CCn1ccnc1C1CCCN(CC(=O)Nc2ccc(Cl)cc2F)C1. The van der Waals surface area contributed by atoms with Crippen molar-refractivity contribution in [2.45, 2.75) is 32.2 Å². The van der Waals surface area contributed by atoms with Crippen LogP contribution in [0.5, 0.6) is 0 Å². The molecule has 3 rings (SSSR count). The molecule has 1 unspecified atom stereocenters. The number of amides is 1. The molecule has 25 heavy (non-hydrogen) atoms. The van der Waals surface area contributed by atoms with Gasteiger partial charge in [0, 0.05) is 36.4 Å². The van der Waals surface area contributed by atoms with Gasteiger partial charge in [0.15, 0.2) is 0 Å². The summed E-state index contributed by atoms with van der Waals surface area (Å²) in [6, 6.07) is 4.23. The molecule has 1 aromatic carbocycles. The minimum atomic E-state index is -0.526. The fourth-order valence-corrected chi connectivity index (χ4v) is 3.50. The van der Waals surface area contributed by atoms with Gasteiger partial charge in [-0.25, -0.2) is 9.37 Å². The molecule has 1 fully saturated rings. The Kier molecular flexibility index (Phi) is 5.71. The molecule has 1 N–H and O–H groups in total. The van der Waals surface area contributed by atoms with Crippen molar-refractivity contribution in [1.82, 2.24) is 14.5 Å². The number of benzene rings is 1. The Labute approximate surface area is 151 Å². The van der Waals surface area contributed by atoms with E-state index in [0.29, 0.717) is 10.9 Å². The molecular weight excluding hydrogens is 343 g/mol. The second-order valence-corrected chi connectivity index (χ2v) is 6.75. The molecule has 134 valence electrons. The van der Waals surface area contributed by atoms with Gasteiger partial charge in [0.1, 0.15) is 11.6 Å². The van der Waals surface area contributed by atoms with Crippen LogP contribution in [0.25, 0.3) is 0 Å². The van der Waals surface area contributed by atoms with E-state index in [-0.39, 0.29) is 18.1 Å². The third kappa shape index (κ3) is 4.38. The van der Waals surface area contributed by atoms with E-state index >= 15 is 0 Å². The number of halogens is 2. The average Bonchev–Trinajstić information content (AvgIpc) is 3.06. The minimum Gasteiger partial charge on any atom is -0.335 e. The summed E-state index contributed by atoms with van der Waals surface area (Å²) in [6.45, 7) is 4.88. The molecule has 7 heteroatoms. The summed E-state index contributed by atoms with van der Waals surface area (Å²) in [5, 5.41) is 2.93. The number of rotatable bonds is 5. The zero-order chi connectivity index (χ0) is 17.8. The number of piperidine rings is 1. The normalized spacial score (nSPS) is 18.3. The maximum absolute atomic E-state index is 13.8. The standard InChI is InChI=1S/C18H22ClFN4O/c1-2-24-9-7-21-18(24)13-4-3-8-23(11-13)12-17(25)22-16-6-5-14(19)10-15(16)20/h5-7,9-10,13H,2-4,8,11-12H2,1H3,(H,22,25). The lowest BCUT2D eigenvalue weighted by Crippen LogP contribution is -2.40. The number of likely N-dealkylation sites (tertiary alicyclic amines) is 1. The van der Waals surface area contributed by atoms with Crippen LogP contribution in [-0.2, 0) is 11.3 Å². The third-order valence-electron chi connectivity index (χ3n) is 4.53. The van der Waals surface area contributed by atoms with Crippen molar-refractivity contribution in [3.05, 3.63) is 47.3 Å². The number of imidazole rings is 1. The Balaban J connectivity index is 1.59. The first kappa shape index (κ1) is 17.9. The quantitative estimate of drug-likeness (QED) is 0.883. The molecule has 0 bridgehead atoms. The molecule has 1 aliphatic rings. The molecule has 1 saturated heterocycles. The predicted octanol–water partition coefficient (Wildman–Crippen LogP) is 3.51. The van der Waals surface area contributed by atoms with Crippen LogP contribution >= 0.6 is 11.6 Å². The highest BCUT2D eigenvalue weighted by Crippen LogP contribution is 2.26. The van der Waals surface area contributed by atoms with Gasteiger partial charge in [-0.2, -0.15) is 0 Å². The monoisotopic (exact) mass is 364 g/mol. The lowest BCUT2D eigenvalue weighted by molar-refractivity contribution is -0.117. The van der Waals surface area contributed by atoms with E-state index in [1.807, 2.05) is 12.4 Å². The highest BCUT2D eigenvalue weighted by Gasteiger charge is 2.25. The van der Waals surface area contributed by atoms with Gasteiger partial charge in [0.05, 0.1) is 12.2 Å². The summed E-state index contributed by atoms with van der Waals surface area (Å²) in [5.41, 5.74) is 0.157. The number of nitrogens with one attached hydrogen (secondary N) is 1. The molecule has 0 spiro atoms. The van der Waals surface area contributed by atoms with E-state index in [2.05, 4.69) is 26.7 Å². The zero-order valence-electron chi connectivity index (χ0n) is 14.2. The number of aromatic nitrogens is 2.